The van der Waals surface area contributed by atoms with E-state index in [9.17, 15) is 9.59 Å². The number of benzene rings is 7. The van der Waals surface area contributed by atoms with Crippen LogP contribution in [0.25, 0.3) is 22.3 Å². The lowest BCUT2D eigenvalue weighted by atomic mass is 9.74. The summed E-state index contributed by atoms with van der Waals surface area (Å²) in [4.78, 5) is 41.8. The number of aromatic amines is 1. The number of H-pyrrole nitrogens is 1. The second-order valence-corrected chi connectivity index (χ2v) is 26.2. The van der Waals surface area contributed by atoms with Gasteiger partial charge >= 0.3 is 22.4 Å². The van der Waals surface area contributed by atoms with E-state index in [1.807, 2.05) is 115 Å². The third kappa shape index (κ3) is 28.2. The zero-order chi connectivity index (χ0) is 81.9. The average molecular weight is 1560 g/mol. The van der Waals surface area contributed by atoms with Gasteiger partial charge in [0.05, 0.1) is 38.7 Å². The molecule has 15 rings (SSSR count). The van der Waals surface area contributed by atoms with Crippen molar-refractivity contribution in [2.45, 2.75) is 101 Å². The van der Waals surface area contributed by atoms with Crippen molar-refractivity contribution >= 4 is 113 Å². The van der Waals surface area contributed by atoms with E-state index in [0.717, 1.165) is 92.5 Å². The molecular weight excluding hydrogens is 1470 g/mol. The Balaban J connectivity index is 0.000000164. The first-order valence-corrected chi connectivity index (χ1v) is 37.2. The first-order valence-electron chi connectivity index (χ1n) is 37.2. The first kappa shape index (κ1) is 86.4. The molecule has 32 nitrogen and oxygen atoms in total. The van der Waals surface area contributed by atoms with Gasteiger partial charge in [-0.3, -0.25) is 25.9 Å². The Morgan fingerprint density at radius 3 is 1.31 bits per heavy atom. The fourth-order valence-electron chi connectivity index (χ4n) is 12.5. The molecular formula is C80H91B4N25O7. The van der Waals surface area contributed by atoms with Gasteiger partial charge in [0.15, 0.2) is 7.28 Å². The summed E-state index contributed by atoms with van der Waals surface area (Å²) in [6.45, 7) is 4.66. The minimum atomic E-state index is -0.492. The van der Waals surface area contributed by atoms with Gasteiger partial charge in [0.2, 0.25) is 5.91 Å². The Morgan fingerprint density at radius 2 is 0.914 bits per heavy atom. The van der Waals surface area contributed by atoms with Crippen LogP contribution in [0.3, 0.4) is 0 Å². The van der Waals surface area contributed by atoms with Gasteiger partial charge in [0.25, 0.3) is 23.8 Å². The summed E-state index contributed by atoms with van der Waals surface area (Å²) in [7, 11) is 8.92. The molecule has 0 spiro atoms. The summed E-state index contributed by atoms with van der Waals surface area (Å²) in [6, 6.07) is 63.3. The normalized spacial score (nSPS) is 12.9. The van der Waals surface area contributed by atoms with Gasteiger partial charge in [-0.15, -0.1) is 20.4 Å². The highest BCUT2D eigenvalue weighted by Gasteiger charge is 2.29. The third-order valence-corrected chi connectivity index (χ3v) is 18.1. The topological polar surface area (TPSA) is 450 Å². The van der Waals surface area contributed by atoms with E-state index in [0.29, 0.717) is 57.5 Å². The van der Waals surface area contributed by atoms with Crippen LogP contribution in [0.5, 0.6) is 0 Å². The maximum atomic E-state index is 12.3. The van der Waals surface area contributed by atoms with Gasteiger partial charge in [-0.1, -0.05) is 240 Å². The third-order valence-electron chi connectivity index (χ3n) is 18.1. The van der Waals surface area contributed by atoms with Crippen LogP contribution in [0.4, 0.5) is 23.8 Å². The molecule has 4 aromatic heterocycles. The van der Waals surface area contributed by atoms with Crippen molar-refractivity contribution in [1.29, 1.82) is 16.2 Å². The Labute approximate surface area is 675 Å². The van der Waals surface area contributed by atoms with E-state index < -0.39 is 5.82 Å². The standard InChI is InChI=1S/C21H22BN6O.C20H22N6.C15H18BN2O3.C13H13BNO2.C8H9N5.C2H4BO.CH3N5/c23-15-29-22-19(12-18-11-10-17-8-4-5-9-20(17)18)13-24-21-25-27-28(26-21)14-16-6-2-1-3-7-16;21-18(12-17-11-10-16-8-4-5-9-19(16)17)13-22-20-23-25-26(24-20)14-15-6-2-1-3-7-15;1-18(20-2)15(19)14(16-21-10-17)9-12-8-7-11-5-3-4-6-13(11)12;15-9-17-14-12(8-16)7-11-6-5-10-3-1-2-4-13(10)11;9-8-10-12-13(11-8)6-7-4-2-1-3-5-7;1-3-2-4;2-1-3-5-6-4-1/h1-9,11,15,19,23H,10,12-14H2,(H,24,26);1-9,11,18H,10,12-14,21H2,(H,22,24);3-6,8,10,14,17H,7,9H2,1-2H3;1-4,6,8-9,12,15H,5,7H2;1-5H,6H2,(H2,9,11);2H,1H3;(H3,2,3,4,5,6)/t19-;18-;14-;12-;;;/m0000.../s1. The van der Waals surface area contributed by atoms with E-state index in [-0.39, 0.29) is 35.5 Å². The molecule has 4 aliphatic carbocycles. The Hall–Kier alpha value is -13.6. The minimum absolute atomic E-state index is 0.00604. The highest BCUT2D eigenvalue weighted by atomic mass is 16.7. The number of aromatic nitrogens is 16. The SMILES string of the molecule is CON(C)C(=O)[C@@H]([B]OC=N)CC1=CCc2ccccc21.C[B]C=O.N=CO[B][C@H](C=O)CC1=CCc2ccccc21.N=CO[B][C@H](CNc1nnn(Cc2ccccc2)n1)CC1=CCc2ccccc21.N[C@H](CNc1nnn(Cc2ccccc2)n1)CC1=CCc2ccccc21.Nc1nn[nH]n1.Nc1nnn(Cc2ccccc2)n1. The summed E-state index contributed by atoms with van der Waals surface area (Å²) in [6.07, 6.45) is 19.6. The number of aldehydes is 1. The highest BCUT2D eigenvalue weighted by Crippen LogP contribution is 2.37. The number of tetrazole rings is 4. The van der Waals surface area contributed by atoms with Gasteiger partial charge in [0, 0.05) is 32.0 Å². The van der Waals surface area contributed by atoms with Gasteiger partial charge in [-0.05, 0) is 162 Å². The average Bonchev–Trinajstić information content (AvgIpc) is 1.69. The van der Waals surface area contributed by atoms with Crippen LogP contribution in [0.1, 0.15) is 86.9 Å². The molecule has 12 N–H and O–H groups in total. The number of nitrogens with one attached hydrogen (secondary N) is 6. The second-order valence-electron chi connectivity index (χ2n) is 26.2. The number of nitrogen functional groups attached to an aromatic ring is 2. The molecule has 4 radical (unpaired) electrons. The number of nitrogens with zero attached hydrogens (tertiary/aromatic N) is 16. The molecule has 11 aromatic rings. The molecule has 0 aliphatic heterocycles. The summed E-state index contributed by atoms with van der Waals surface area (Å²) < 4.78 is 14.8. The maximum Gasteiger partial charge on any atom is 0.384 e. The van der Waals surface area contributed by atoms with Crippen LogP contribution >= 0.6 is 0 Å². The van der Waals surface area contributed by atoms with E-state index in [1.165, 1.54) is 100 Å². The van der Waals surface area contributed by atoms with Crippen LogP contribution in [0, 0.1) is 16.2 Å². The lowest BCUT2D eigenvalue weighted by Gasteiger charge is -2.21. The number of anilines is 4. The van der Waals surface area contributed by atoms with Gasteiger partial charge < -0.3 is 51.4 Å². The van der Waals surface area contributed by atoms with Gasteiger partial charge in [-0.25, -0.2) is 5.06 Å². The second kappa shape index (κ2) is 47.7. The number of hydrogen-bond acceptors (Lipinski definition) is 27. The molecule has 4 heterocycles. The van der Waals surface area contributed by atoms with E-state index in [4.69, 9.17) is 57.0 Å². The smallest absolute Gasteiger partial charge is 0.384 e. The molecule has 0 saturated carbocycles. The van der Waals surface area contributed by atoms with Crippen molar-refractivity contribution in [2.24, 2.45) is 5.73 Å². The Kier molecular flexibility index (Phi) is 35.5. The molecule has 1 amide bonds. The van der Waals surface area contributed by atoms with Gasteiger partial charge in [0.1, 0.15) is 25.5 Å². The van der Waals surface area contributed by atoms with E-state index in [2.05, 4.69) is 175 Å². The number of carbonyl (C=O) groups is 3. The predicted octanol–water partition coefficient (Wildman–Crippen LogP) is 9.01. The largest absolute Gasteiger partial charge is 0.555 e. The summed E-state index contributed by atoms with van der Waals surface area (Å²) >= 11 is 0. The quantitative estimate of drug-likeness (QED) is 0.00608. The first-order chi connectivity index (χ1) is 56.8. The molecule has 4 aliphatic rings. The highest BCUT2D eigenvalue weighted by molar-refractivity contribution is 6.65. The number of amides is 1. The zero-order valence-electron chi connectivity index (χ0n) is 64.7. The molecule has 0 bridgehead atoms. The molecule has 0 saturated heterocycles. The molecule has 0 fully saturated rings. The maximum absolute atomic E-state index is 12.3. The van der Waals surface area contributed by atoms with Crippen molar-refractivity contribution in [3.05, 3.63) is 274 Å². The van der Waals surface area contributed by atoms with E-state index in [1.54, 1.807) is 30.9 Å². The Bertz CT molecular complexity index is 4980. The molecule has 0 unspecified atom stereocenters. The molecule has 116 heavy (non-hydrogen) atoms. The number of hydrogen-bond donors (Lipinski definition) is 9. The van der Waals surface area contributed by atoms with Crippen molar-refractivity contribution in [2.75, 3.05) is 49.3 Å². The molecule has 36 heteroatoms. The number of rotatable bonds is 33. The van der Waals surface area contributed by atoms with Crippen LogP contribution < -0.4 is 27.8 Å². The number of hydroxylamine groups is 2. The van der Waals surface area contributed by atoms with Crippen LogP contribution in [0.2, 0.25) is 24.3 Å². The van der Waals surface area contributed by atoms with Gasteiger partial charge in [-0.2, -0.15) is 19.6 Å². The fourth-order valence-corrected chi connectivity index (χ4v) is 12.5. The lowest BCUT2D eigenvalue weighted by molar-refractivity contribution is -0.168. The fraction of sp³-hybridized carbons (Fsp3) is 0.250. The molecule has 4 atom stereocenters. The Morgan fingerprint density at radius 1 is 0.517 bits per heavy atom. The van der Waals surface area contributed by atoms with Crippen molar-refractivity contribution in [1.82, 2.24) is 86.3 Å². The number of fused-ring (bicyclic) bond motifs is 4. The number of nitrogens with two attached hydrogens (primary N) is 3. The predicted molar refractivity (Wildman–Crippen MR) is 451 cm³/mol. The summed E-state index contributed by atoms with van der Waals surface area (Å²) in [5, 5.41) is 76.8. The van der Waals surface area contributed by atoms with Crippen LogP contribution in [0.15, 0.2) is 212 Å². The monoisotopic (exact) mass is 1560 g/mol. The van der Waals surface area contributed by atoms with Crippen LogP contribution in [-0.2, 0) is 78.5 Å². The molecule has 7 aromatic carbocycles. The summed E-state index contributed by atoms with van der Waals surface area (Å²) in [5.74, 6) is 0.445. The van der Waals surface area contributed by atoms with Crippen molar-refractivity contribution in [3.8, 4) is 0 Å². The lowest BCUT2D eigenvalue weighted by Crippen LogP contribution is -2.32. The molecule has 590 valence electrons. The number of allylic oxidation sites excluding steroid dienone is 7. The summed E-state index contributed by atoms with van der Waals surface area (Å²) in [5.41, 5.74) is 35.3. The van der Waals surface area contributed by atoms with E-state index >= 15 is 0 Å². The minimum Gasteiger partial charge on any atom is -0.555 e. The number of carbonyl (C=O) groups excluding carboxylic acids is 3. The zero-order valence-corrected chi connectivity index (χ0v) is 64.7. The van der Waals surface area contributed by atoms with Crippen molar-refractivity contribution in [3.63, 3.8) is 0 Å². The van der Waals surface area contributed by atoms with Crippen molar-refractivity contribution < 1.29 is 33.2 Å². The van der Waals surface area contributed by atoms with Crippen LogP contribution in [-0.4, -0.2) is 187 Å².